The van der Waals surface area contributed by atoms with Crippen LogP contribution in [-0.4, -0.2) is 37.1 Å². The minimum Gasteiger partial charge on any atom is -0.315 e. The van der Waals surface area contributed by atoms with Gasteiger partial charge in [-0.15, -0.1) is 0 Å². The lowest BCUT2D eigenvalue weighted by atomic mass is 10.2. The molecule has 0 aliphatic heterocycles. The Balaban J connectivity index is 2.10. The van der Waals surface area contributed by atoms with Gasteiger partial charge >= 0.3 is 0 Å². The summed E-state index contributed by atoms with van der Waals surface area (Å²) >= 11 is 0. The van der Waals surface area contributed by atoms with Gasteiger partial charge in [0.15, 0.2) is 0 Å². The Hall–Kier alpha value is -0.0800. The topological polar surface area (TPSA) is 15.3 Å². The van der Waals surface area contributed by atoms with Crippen molar-refractivity contribution < 1.29 is 0 Å². The van der Waals surface area contributed by atoms with Crippen LogP contribution in [0.15, 0.2) is 0 Å². The smallest absolute Gasteiger partial charge is 0.0110 e. The number of likely N-dealkylation sites (N-methyl/N-ethyl adjacent to an activating group) is 1. The quantitative estimate of drug-likeness (QED) is 0.652. The second-order valence-electron chi connectivity index (χ2n) is 5.16. The van der Waals surface area contributed by atoms with Gasteiger partial charge in [0.1, 0.15) is 0 Å². The maximum absolute atomic E-state index is 3.53. The van der Waals surface area contributed by atoms with Gasteiger partial charge in [-0.3, -0.25) is 4.90 Å². The van der Waals surface area contributed by atoms with Crippen molar-refractivity contribution in [2.24, 2.45) is 5.92 Å². The van der Waals surface area contributed by atoms with Crippen molar-refractivity contribution >= 4 is 0 Å². The van der Waals surface area contributed by atoms with Crippen molar-refractivity contribution in [2.75, 3.05) is 26.2 Å². The molecule has 1 aliphatic rings. The molecule has 0 aromatic heterocycles. The summed E-state index contributed by atoms with van der Waals surface area (Å²) in [4.78, 5) is 2.65. The Morgan fingerprint density at radius 2 is 1.93 bits per heavy atom. The number of nitrogens with one attached hydrogen (secondary N) is 1. The van der Waals surface area contributed by atoms with E-state index in [0.29, 0.717) is 0 Å². The minimum atomic E-state index is 0.770. The molecule has 1 N–H and O–H groups in total. The number of rotatable bonds is 7. The summed E-state index contributed by atoms with van der Waals surface area (Å²) in [7, 11) is 0. The molecule has 0 spiro atoms. The van der Waals surface area contributed by atoms with Gasteiger partial charge in [0.05, 0.1) is 0 Å². The summed E-state index contributed by atoms with van der Waals surface area (Å²) in [5, 5.41) is 3.53. The molecule has 0 bridgehead atoms. The lowest BCUT2D eigenvalue weighted by Crippen LogP contribution is -2.39. The molecule has 15 heavy (non-hydrogen) atoms. The van der Waals surface area contributed by atoms with E-state index in [0.717, 1.165) is 25.0 Å². The van der Waals surface area contributed by atoms with Gasteiger partial charge in [-0.1, -0.05) is 33.6 Å². The van der Waals surface area contributed by atoms with Crippen LogP contribution in [0, 0.1) is 5.92 Å². The zero-order valence-corrected chi connectivity index (χ0v) is 10.8. The molecule has 90 valence electrons. The molecule has 0 heterocycles. The van der Waals surface area contributed by atoms with Crippen LogP contribution in [0.4, 0.5) is 0 Å². The van der Waals surface area contributed by atoms with Crippen LogP contribution in [-0.2, 0) is 0 Å². The van der Waals surface area contributed by atoms with Crippen LogP contribution in [0.1, 0.15) is 46.5 Å². The summed E-state index contributed by atoms with van der Waals surface area (Å²) in [6, 6.07) is 0.885. The largest absolute Gasteiger partial charge is 0.315 e. The highest BCUT2D eigenvalue weighted by Crippen LogP contribution is 2.22. The summed E-state index contributed by atoms with van der Waals surface area (Å²) in [6.07, 6.45) is 5.75. The third-order valence-electron chi connectivity index (χ3n) is 3.38. The van der Waals surface area contributed by atoms with E-state index >= 15 is 0 Å². The fourth-order valence-electron chi connectivity index (χ4n) is 2.48. The Kier molecular flexibility index (Phi) is 6.26. The van der Waals surface area contributed by atoms with Gasteiger partial charge in [-0.25, -0.2) is 0 Å². The van der Waals surface area contributed by atoms with Crippen molar-refractivity contribution in [3.63, 3.8) is 0 Å². The van der Waals surface area contributed by atoms with Crippen molar-refractivity contribution in [1.29, 1.82) is 0 Å². The van der Waals surface area contributed by atoms with Gasteiger partial charge in [0.25, 0.3) is 0 Å². The maximum Gasteiger partial charge on any atom is 0.0110 e. The van der Waals surface area contributed by atoms with Gasteiger partial charge in [-0.05, 0) is 31.8 Å². The molecule has 1 fully saturated rings. The SMILES string of the molecule is CCN(CCNCC(C)C)C1CCCC1. The average molecular weight is 212 g/mol. The fourth-order valence-corrected chi connectivity index (χ4v) is 2.48. The number of nitrogens with zero attached hydrogens (tertiary/aromatic N) is 1. The highest BCUT2D eigenvalue weighted by atomic mass is 15.2. The van der Waals surface area contributed by atoms with E-state index in [4.69, 9.17) is 0 Å². The molecule has 2 heteroatoms. The summed E-state index contributed by atoms with van der Waals surface area (Å²) in [5.74, 6) is 0.770. The van der Waals surface area contributed by atoms with Crippen LogP contribution in [0.3, 0.4) is 0 Å². The lowest BCUT2D eigenvalue weighted by molar-refractivity contribution is 0.209. The van der Waals surface area contributed by atoms with Gasteiger partial charge in [0.2, 0.25) is 0 Å². The fraction of sp³-hybridized carbons (Fsp3) is 1.00. The van der Waals surface area contributed by atoms with E-state index in [1.807, 2.05) is 0 Å². The lowest BCUT2D eigenvalue weighted by Gasteiger charge is -2.27. The molecule has 0 atom stereocenters. The third kappa shape index (κ3) is 4.98. The van der Waals surface area contributed by atoms with Crippen LogP contribution >= 0.6 is 0 Å². The first kappa shape index (κ1) is 13.0. The van der Waals surface area contributed by atoms with Crippen molar-refractivity contribution in [2.45, 2.75) is 52.5 Å². The standard InChI is InChI=1S/C13H28N2/c1-4-15(13-7-5-6-8-13)10-9-14-11-12(2)3/h12-14H,4-11H2,1-3H3. The van der Waals surface area contributed by atoms with Gasteiger partial charge < -0.3 is 5.32 Å². The van der Waals surface area contributed by atoms with Gasteiger partial charge in [-0.2, -0.15) is 0 Å². The van der Waals surface area contributed by atoms with Crippen molar-refractivity contribution in [3.05, 3.63) is 0 Å². The van der Waals surface area contributed by atoms with Crippen LogP contribution in [0.2, 0.25) is 0 Å². The average Bonchev–Trinajstić information content (AvgIpc) is 2.70. The van der Waals surface area contributed by atoms with Crippen LogP contribution < -0.4 is 5.32 Å². The molecule has 0 saturated heterocycles. The summed E-state index contributed by atoms with van der Waals surface area (Å²) < 4.78 is 0. The molecule has 0 aromatic carbocycles. The monoisotopic (exact) mass is 212 g/mol. The molecule has 0 amide bonds. The highest BCUT2D eigenvalue weighted by molar-refractivity contribution is 4.77. The summed E-state index contributed by atoms with van der Waals surface area (Å²) in [5.41, 5.74) is 0. The number of hydrogen-bond donors (Lipinski definition) is 1. The minimum absolute atomic E-state index is 0.770. The zero-order chi connectivity index (χ0) is 11.1. The normalized spacial score (nSPS) is 18.2. The molecule has 0 unspecified atom stereocenters. The molecule has 1 saturated carbocycles. The Bertz CT molecular complexity index is 151. The van der Waals surface area contributed by atoms with E-state index in [1.165, 1.54) is 38.8 Å². The first-order valence-corrected chi connectivity index (χ1v) is 6.68. The van der Waals surface area contributed by atoms with Gasteiger partial charge in [0, 0.05) is 19.1 Å². The van der Waals surface area contributed by atoms with E-state index in [2.05, 4.69) is 31.0 Å². The maximum atomic E-state index is 3.53. The first-order chi connectivity index (χ1) is 7.24. The molecular formula is C13H28N2. The molecule has 2 nitrogen and oxygen atoms in total. The Morgan fingerprint density at radius 1 is 1.27 bits per heavy atom. The first-order valence-electron chi connectivity index (χ1n) is 6.68. The zero-order valence-electron chi connectivity index (χ0n) is 10.8. The van der Waals surface area contributed by atoms with Crippen molar-refractivity contribution in [3.8, 4) is 0 Å². The van der Waals surface area contributed by atoms with Crippen LogP contribution in [0.5, 0.6) is 0 Å². The number of hydrogen-bond acceptors (Lipinski definition) is 2. The predicted octanol–water partition coefficient (Wildman–Crippen LogP) is 2.50. The van der Waals surface area contributed by atoms with E-state index in [9.17, 15) is 0 Å². The molecule has 1 rings (SSSR count). The van der Waals surface area contributed by atoms with E-state index in [-0.39, 0.29) is 0 Å². The van der Waals surface area contributed by atoms with Crippen molar-refractivity contribution in [1.82, 2.24) is 10.2 Å². The second-order valence-corrected chi connectivity index (χ2v) is 5.16. The Labute approximate surface area is 95.4 Å². The predicted molar refractivity (Wildman–Crippen MR) is 67.2 cm³/mol. The molecule has 1 aliphatic carbocycles. The molecule has 0 aromatic rings. The van der Waals surface area contributed by atoms with Crippen LogP contribution in [0.25, 0.3) is 0 Å². The van der Waals surface area contributed by atoms with E-state index < -0.39 is 0 Å². The second kappa shape index (κ2) is 7.24. The highest BCUT2D eigenvalue weighted by Gasteiger charge is 2.20. The molecule has 0 radical (unpaired) electrons. The third-order valence-corrected chi connectivity index (χ3v) is 3.38. The summed E-state index contributed by atoms with van der Waals surface area (Å²) in [6.45, 7) is 11.6. The Morgan fingerprint density at radius 3 is 2.47 bits per heavy atom. The van der Waals surface area contributed by atoms with E-state index in [1.54, 1.807) is 0 Å². The molecular weight excluding hydrogens is 184 g/mol.